The monoisotopic (exact) mass is 587 g/mol. The van der Waals surface area contributed by atoms with E-state index in [2.05, 4.69) is 0 Å². The molecule has 0 amide bonds. The van der Waals surface area contributed by atoms with E-state index in [0.29, 0.717) is 32.7 Å². The minimum atomic E-state index is -0.700. The second-order valence-corrected chi connectivity index (χ2v) is 10.5. The number of benzene rings is 8. The molecule has 1 heteroatoms. The van der Waals surface area contributed by atoms with E-state index in [9.17, 15) is 5.48 Å². The van der Waals surface area contributed by atoms with Gasteiger partial charge in [0.1, 0.15) is 11.2 Å². The Morgan fingerprint density at radius 3 is 1.60 bits per heavy atom. The van der Waals surface area contributed by atoms with Gasteiger partial charge < -0.3 is 4.42 Å². The first-order valence-electron chi connectivity index (χ1n) is 21.7. The van der Waals surface area contributed by atoms with Crippen LogP contribution in [0, 0.1) is 0 Å². The lowest BCUT2D eigenvalue weighted by Gasteiger charge is -2.18. The Labute approximate surface area is 282 Å². The van der Waals surface area contributed by atoms with E-state index in [4.69, 9.17) is 19.5 Å². The Morgan fingerprint density at radius 2 is 0.933 bits per heavy atom. The van der Waals surface area contributed by atoms with Gasteiger partial charge in [0, 0.05) is 16.3 Å². The van der Waals surface area contributed by atoms with E-state index in [1.54, 1.807) is 78.9 Å². The first-order valence-corrected chi connectivity index (χ1v) is 14.2. The van der Waals surface area contributed by atoms with Crippen molar-refractivity contribution in [3.8, 4) is 44.5 Å². The Hall–Kier alpha value is -5.92. The lowest BCUT2D eigenvalue weighted by atomic mass is 9.84. The number of hydrogen-bond acceptors (Lipinski definition) is 1. The Balaban J connectivity index is 1.50. The molecule has 9 aromatic rings. The summed E-state index contributed by atoms with van der Waals surface area (Å²) in [4.78, 5) is 0. The van der Waals surface area contributed by atoms with Crippen LogP contribution in [0.1, 0.15) is 20.6 Å². The zero-order chi connectivity index (χ0) is 42.8. The summed E-state index contributed by atoms with van der Waals surface area (Å²) in [5, 5.41) is 1.31. The average Bonchev–Trinajstić information content (AvgIpc) is 3.66. The summed E-state index contributed by atoms with van der Waals surface area (Å²) in [7, 11) is 0. The zero-order valence-electron chi connectivity index (χ0n) is 38.4. The fourth-order valence-corrected chi connectivity index (χ4v) is 5.98. The smallest absolute Gasteiger partial charge is 0.143 e. The molecule has 1 heterocycles. The summed E-state index contributed by atoms with van der Waals surface area (Å²) in [6, 6.07) is 14.7. The molecule has 9 rings (SSSR count). The maximum Gasteiger partial charge on any atom is 0.143 e. The molecule has 0 saturated heterocycles. The molecule has 210 valence electrons. The van der Waals surface area contributed by atoms with Crippen molar-refractivity contribution in [2.24, 2.45) is 0 Å². The Bertz CT molecular complexity index is 3260. The topological polar surface area (TPSA) is 13.1 Å². The van der Waals surface area contributed by atoms with Gasteiger partial charge in [0.25, 0.3) is 0 Å². The van der Waals surface area contributed by atoms with E-state index in [1.165, 1.54) is 0 Å². The van der Waals surface area contributed by atoms with Crippen LogP contribution in [0.4, 0.5) is 0 Å². The molecule has 0 unspecified atom stereocenters. The van der Waals surface area contributed by atoms with Crippen LogP contribution in [0.15, 0.2) is 174 Å². The molecule has 45 heavy (non-hydrogen) atoms. The molecule has 1 nitrogen and oxygen atoms in total. The van der Waals surface area contributed by atoms with Gasteiger partial charge in [-0.1, -0.05) is 151 Å². The van der Waals surface area contributed by atoms with Gasteiger partial charge in [-0.2, -0.15) is 0 Å². The van der Waals surface area contributed by atoms with Crippen LogP contribution in [-0.4, -0.2) is 0 Å². The second kappa shape index (κ2) is 10.4. The van der Waals surface area contributed by atoms with Gasteiger partial charge in [-0.25, -0.2) is 0 Å². The molecule has 0 aliphatic carbocycles. The zero-order valence-corrected chi connectivity index (χ0v) is 23.4. The predicted molar refractivity (Wildman–Crippen MR) is 190 cm³/mol. The third-order valence-corrected chi connectivity index (χ3v) is 7.93. The van der Waals surface area contributed by atoms with Crippen LogP contribution in [0.25, 0.3) is 88.0 Å². The molecule has 0 bridgehead atoms. The van der Waals surface area contributed by atoms with E-state index in [0.717, 1.165) is 0 Å². The Morgan fingerprint density at radius 1 is 0.378 bits per heavy atom. The van der Waals surface area contributed by atoms with Crippen molar-refractivity contribution < 1.29 is 25.0 Å². The molecule has 0 radical (unpaired) electrons. The number of fused-ring (bicyclic) bond motifs is 5. The van der Waals surface area contributed by atoms with Crippen molar-refractivity contribution in [3.05, 3.63) is 169 Å². The third-order valence-electron chi connectivity index (χ3n) is 7.93. The highest BCUT2D eigenvalue weighted by atomic mass is 16.3. The van der Waals surface area contributed by atoms with E-state index >= 15 is 0 Å². The van der Waals surface area contributed by atoms with Crippen molar-refractivity contribution in [1.29, 1.82) is 0 Å². The molecular weight excluding hydrogens is 544 g/mol. The molecule has 0 N–H and O–H groups in total. The normalized spacial score (nSPS) is 16.2. The second-order valence-electron chi connectivity index (χ2n) is 10.5. The maximum atomic E-state index is 9.90. The predicted octanol–water partition coefficient (Wildman–Crippen LogP) is 12.6. The molecule has 8 aromatic carbocycles. The van der Waals surface area contributed by atoms with Crippen LogP contribution in [0.5, 0.6) is 0 Å². The standard InChI is InChI=1S/C44H28O/c1-3-13-29(14-4-1)30-23-25-32(26-24-30)42-35-18-7-9-20-37(35)43(38-21-10-8-19-36(38)42)33-27-39(31-15-5-2-6-16-31)44-40(28-33)34-17-11-12-22-41(34)45-44/h1-28H/i2D,5D,6D,11D,12D,15D,16D,17D,22D,23D,24D,25D,26D,27D,28D. The Kier molecular flexibility index (Phi) is 3.39. The number of para-hydroxylation sites is 1. The van der Waals surface area contributed by atoms with Crippen LogP contribution in [0.3, 0.4) is 0 Å². The van der Waals surface area contributed by atoms with Crippen molar-refractivity contribution in [3.63, 3.8) is 0 Å². The summed E-state index contributed by atoms with van der Waals surface area (Å²) in [5.74, 6) is 0. The van der Waals surface area contributed by atoms with Gasteiger partial charge in [-0.3, -0.25) is 0 Å². The summed E-state index contributed by atoms with van der Waals surface area (Å²) in [5.41, 5.74) is -0.256. The summed E-state index contributed by atoms with van der Waals surface area (Å²) in [6.45, 7) is 0. The van der Waals surface area contributed by atoms with Gasteiger partial charge in [0.2, 0.25) is 0 Å². The number of hydrogen-bond donors (Lipinski definition) is 0. The number of rotatable bonds is 4. The van der Waals surface area contributed by atoms with E-state index in [1.807, 2.05) is 0 Å². The highest BCUT2D eigenvalue weighted by molar-refractivity contribution is 6.23. The highest BCUT2D eigenvalue weighted by Gasteiger charge is 2.20. The summed E-state index contributed by atoms with van der Waals surface area (Å²) in [6.07, 6.45) is 0. The van der Waals surface area contributed by atoms with Crippen molar-refractivity contribution in [1.82, 2.24) is 0 Å². The van der Waals surface area contributed by atoms with Crippen LogP contribution >= 0.6 is 0 Å². The lowest BCUT2D eigenvalue weighted by molar-refractivity contribution is 0.670. The molecule has 1 aromatic heterocycles. The SMILES string of the molecule is [2H]c1c([2H])c([2H])c(-c2c([2H])c(-c3c4ccccc4c(-c4c([2H])c([2H])c(-c5ccccc5)c([2H])c4[2H])c4ccccc34)c([2H])c3c2oc2c([2H])c([2H])c([2H])c([2H])c23)c([2H])c1[2H]. The first kappa shape index (κ1) is 14.7. The highest BCUT2D eigenvalue weighted by Crippen LogP contribution is 2.46. The third kappa shape index (κ3) is 4.17. The minimum absolute atomic E-state index is 0.0212. The lowest BCUT2D eigenvalue weighted by Crippen LogP contribution is -1.91. The fourth-order valence-electron chi connectivity index (χ4n) is 5.98. The van der Waals surface area contributed by atoms with Gasteiger partial charge in [-0.15, -0.1) is 0 Å². The minimum Gasteiger partial charge on any atom is -0.455 e. The molecule has 0 aliphatic rings. The molecule has 0 atom stereocenters. The molecule has 0 aliphatic heterocycles. The molecule has 0 saturated carbocycles. The molecule has 0 fully saturated rings. The van der Waals surface area contributed by atoms with Gasteiger partial charge in [0.05, 0.1) is 20.6 Å². The molecular formula is C44H28O. The first-order chi connectivity index (χ1) is 28.6. The quantitative estimate of drug-likeness (QED) is 0.187. The van der Waals surface area contributed by atoms with Crippen molar-refractivity contribution in [2.75, 3.05) is 0 Å². The average molecular weight is 588 g/mol. The van der Waals surface area contributed by atoms with Gasteiger partial charge >= 0.3 is 0 Å². The van der Waals surface area contributed by atoms with Crippen LogP contribution in [0.2, 0.25) is 0 Å². The summed E-state index contributed by atoms with van der Waals surface area (Å²) >= 11 is 0. The van der Waals surface area contributed by atoms with Crippen molar-refractivity contribution in [2.45, 2.75) is 0 Å². The van der Waals surface area contributed by atoms with E-state index < -0.39 is 72.0 Å². The van der Waals surface area contributed by atoms with Gasteiger partial charge in [0.15, 0.2) is 0 Å². The van der Waals surface area contributed by atoms with Crippen molar-refractivity contribution >= 4 is 43.5 Å². The largest absolute Gasteiger partial charge is 0.455 e. The fraction of sp³-hybridized carbons (Fsp3) is 0. The maximum absolute atomic E-state index is 9.90. The van der Waals surface area contributed by atoms with E-state index in [-0.39, 0.29) is 73.9 Å². The van der Waals surface area contributed by atoms with Crippen LogP contribution in [-0.2, 0) is 0 Å². The van der Waals surface area contributed by atoms with Gasteiger partial charge in [-0.05, 0) is 78.6 Å². The number of furan rings is 1. The summed E-state index contributed by atoms with van der Waals surface area (Å²) < 4.78 is 140. The molecule has 0 spiro atoms. The van der Waals surface area contributed by atoms with Crippen LogP contribution < -0.4 is 0 Å².